The van der Waals surface area contributed by atoms with Gasteiger partial charge >= 0.3 is 0 Å². The van der Waals surface area contributed by atoms with Crippen molar-refractivity contribution in [3.05, 3.63) is 42.7 Å². The van der Waals surface area contributed by atoms with Crippen LogP contribution in [0.2, 0.25) is 0 Å². The number of amides is 1. The van der Waals surface area contributed by atoms with Crippen LogP contribution < -0.4 is 15.8 Å². The molecule has 2 aliphatic heterocycles. The molecule has 0 saturated carbocycles. The summed E-state index contributed by atoms with van der Waals surface area (Å²) in [5.41, 5.74) is 6.46. The topological polar surface area (TPSA) is 47.6 Å². The third-order valence-corrected chi connectivity index (χ3v) is 3.02. The van der Waals surface area contributed by atoms with Crippen LogP contribution in [0.5, 0.6) is 0 Å². The van der Waals surface area contributed by atoms with Crippen LogP contribution in [0.4, 0.5) is 5.69 Å². The Morgan fingerprint density at radius 2 is 1.94 bits per heavy atom. The van der Waals surface area contributed by atoms with Crippen LogP contribution in [0.25, 0.3) is 0 Å². The molecule has 1 unspecified atom stereocenters. The van der Waals surface area contributed by atoms with Crippen molar-refractivity contribution in [1.29, 1.82) is 0 Å². The Kier molecular flexibility index (Phi) is 2.31. The van der Waals surface area contributed by atoms with Crippen molar-refractivity contribution in [2.45, 2.75) is 6.17 Å². The number of hydrazine groups is 1. The van der Waals surface area contributed by atoms with Crippen molar-refractivity contribution in [3.8, 4) is 0 Å². The molecule has 0 bridgehead atoms. The van der Waals surface area contributed by atoms with E-state index in [1.807, 2.05) is 30.3 Å². The first kappa shape index (κ1) is 10.2. The molecule has 5 nitrogen and oxygen atoms in total. The van der Waals surface area contributed by atoms with Gasteiger partial charge < -0.3 is 0 Å². The number of nitrogens with one attached hydrogen (secondary N) is 2. The number of thiocarbonyl (C=S) groups is 1. The summed E-state index contributed by atoms with van der Waals surface area (Å²) in [5.74, 6) is -0.0638. The first-order valence-electron chi connectivity index (χ1n) is 5.18. The minimum Gasteiger partial charge on any atom is -0.297 e. The minimum atomic E-state index is -0.465. The molecule has 86 valence electrons. The van der Waals surface area contributed by atoms with Crippen molar-refractivity contribution >= 4 is 28.9 Å². The zero-order chi connectivity index (χ0) is 11.8. The number of para-hydroxylation sites is 1. The van der Waals surface area contributed by atoms with Gasteiger partial charge in [-0.3, -0.25) is 20.0 Å². The fourth-order valence-electron chi connectivity index (χ4n) is 1.86. The molecule has 0 spiro atoms. The summed E-state index contributed by atoms with van der Waals surface area (Å²) in [6.45, 7) is 0. The van der Waals surface area contributed by atoms with E-state index in [2.05, 4.69) is 10.9 Å². The Bertz CT molecular complexity index is 501. The summed E-state index contributed by atoms with van der Waals surface area (Å²) < 4.78 is 0. The van der Waals surface area contributed by atoms with E-state index in [-0.39, 0.29) is 5.91 Å². The van der Waals surface area contributed by atoms with Gasteiger partial charge in [0.2, 0.25) is 0 Å². The molecule has 2 heterocycles. The van der Waals surface area contributed by atoms with E-state index >= 15 is 0 Å². The predicted molar refractivity (Wildman–Crippen MR) is 67.6 cm³/mol. The molecule has 1 aromatic rings. The molecule has 1 amide bonds. The van der Waals surface area contributed by atoms with Crippen LogP contribution in [-0.4, -0.2) is 22.1 Å². The monoisotopic (exact) mass is 246 g/mol. The summed E-state index contributed by atoms with van der Waals surface area (Å²) >= 11 is 5.06. The van der Waals surface area contributed by atoms with E-state index < -0.39 is 6.17 Å². The second-order valence-electron chi connectivity index (χ2n) is 3.73. The number of benzene rings is 1. The second kappa shape index (κ2) is 3.83. The van der Waals surface area contributed by atoms with Crippen LogP contribution in [-0.2, 0) is 4.79 Å². The van der Waals surface area contributed by atoms with Gasteiger partial charge in [0.1, 0.15) is 0 Å². The molecule has 2 N–H and O–H groups in total. The van der Waals surface area contributed by atoms with Crippen LogP contribution in [0, 0.1) is 0 Å². The van der Waals surface area contributed by atoms with Crippen LogP contribution >= 0.6 is 12.2 Å². The maximum Gasteiger partial charge on any atom is 0.270 e. The fourth-order valence-corrected chi connectivity index (χ4v) is 2.09. The number of hydrogen-bond acceptors (Lipinski definition) is 3. The van der Waals surface area contributed by atoms with Gasteiger partial charge in [-0.15, -0.1) is 0 Å². The average Bonchev–Trinajstić information content (AvgIpc) is 2.74. The number of carbonyl (C=O) groups is 1. The van der Waals surface area contributed by atoms with E-state index in [1.165, 1.54) is 0 Å². The highest BCUT2D eigenvalue weighted by Crippen LogP contribution is 2.21. The second-order valence-corrected chi connectivity index (χ2v) is 4.11. The summed E-state index contributed by atoms with van der Waals surface area (Å²) in [7, 11) is 0. The van der Waals surface area contributed by atoms with Gasteiger partial charge in [-0.05, 0) is 24.4 Å². The van der Waals surface area contributed by atoms with Gasteiger partial charge in [0, 0.05) is 18.1 Å². The van der Waals surface area contributed by atoms with Crippen molar-refractivity contribution in [2.75, 3.05) is 4.90 Å². The molecule has 1 atom stereocenters. The van der Waals surface area contributed by atoms with Crippen molar-refractivity contribution in [3.63, 3.8) is 0 Å². The van der Waals surface area contributed by atoms with Crippen LogP contribution in [0.15, 0.2) is 42.7 Å². The maximum absolute atomic E-state index is 12.2. The summed E-state index contributed by atoms with van der Waals surface area (Å²) in [6.07, 6.45) is 3.04. The normalized spacial score (nSPS) is 22.7. The molecule has 6 heteroatoms. The fraction of sp³-hybridized carbons (Fsp3) is 0.0909. The van der Waals surface area contributed by atoms with E-state index in [9.17, 15) is 4.79 Å². The van der Waals surface area contributed by atoms with E-state index in [1.54, 1.807) is 22.2 Å². The Morgan fingerprint density at radius 3 is 2.71 bits per heavy atom. The van der Waals surface area contributed by atoms with E-state index in [0.717, 1.165) is 5.69 Å². The Balaban J connectivity index is 1.95. The standard InChI is InChI=1S/C11H10N4OS/c16-10-9-12-13-11(17)15(9)7-6-14(10)8-4-2-1-3-5-8/h1-7,9,12H,(H,13,17). The highest BCUT2D eigenvalue weighted by atomic mass is 32.1. The van der Waals surface area contributed by atoms with Gasteiger partial charge in [0.15, 0.2) is 11.3 Å². The van der Waals surface area contributed by atoms with E-state index in [0.29, 0.717) is 5.11 Å². The number of hydrogen-bond donors (Lipinski definition) is 2. The first-order chi connectivity index (χ1) is 8.27. The molecule has 0 radical (unpaired) electrons. The third kappa shape index (κ3) is 1.58. The summed E-state index contributed by atoms with van der Waals surface area (Å²) in [6, 6.07) is 9.48. The highest BCUT2D eigenvalue weighted by molar-refractivity contribution is 7.80. The predicted octanol–water partition coefficient (Wildman–Crippen LogP) is 0.525. The van der Waals surface area contributed by atoms with Gasteiger partial charge in [-0.1, -0.05) is 18.2 Å². The molecule has 1 fully saturated rings. The number of carbonyl (C=O) groups excluding carboxylic acids is 1. The first-order valence-corrected chi connectivity index (χ1v) is 5.58. The molecule has 0 aromatic heterocycles. The quantitative estimate of drug-likeness (QED) is 0.708. The molecule has 17 heavy (non-hydrogen) atoms. The van der Waals surface area contributed by atoms with Gasteiger partial charge in [0.25, 0.3) is 5.91 Å². The number of nitrogens with zero attached hydrogens (tertiary/aromatic N) is 2. The SMILES string of the molecule is O=C1C2NNC(=S)N2C=CN1c1ccccc1. The van der Waals surface area contributed by atoms with Gasteiger partial charge in [-0.25, -0.2) is 5.43 Å². The average molecular weight is 246 g/mol. The third-order valence-electron chi connectivity index (χ3n) is 2.71. The van der Waals surface area contributed by atoms with Crippen molar-refractivity contribution < 1.29 is 4.79 Å². The molecule has 1 aromatic carbocycles. The zero-order valence-corrected chi connectivity index (χ0v) is 9.65. The molecule has 3 rings (SSSR count). The smallest absolute Gasteiger partial charge is 0.270 e. The molecule has 1 saturated heterocycles. The molecule has 2 aliphatic rings. The van der Waals surface area contributed by atoms with Gasteiger partial charge in [-0.2, -0.15) is 0 Å². The number of anilines is 1. The summed E-state index contributed by atoms with van der Waals surface area (Å²) in [5, 5.41) is 0.507. The number of fused-ring (bicyclic) bond motifs is 1. The Morgan fingerprint density at radius 1 is 1.18 bits per heavy atom. The largest absolute Gasteiger partial charge is 0.297 e. The Hall–Kier alpha value is -1.92. The van der Waals surface area contributed by atoms with Gasteiger partial charge in [0.05, 0.1) is 0 Å². The molecule has 0 aliphatic carbocycles. The van der Waals surface area contributed by atoms with Crippen molar-refractivity contribution in [2.24, 2.45) is 0 Å². The minimum absolute atomic E-state index is 0.0638. The van der Waals surface area contributed by atoms with Crippen LogP contribution in [0.3, 0.4) is 0 Å². The van der Waals surface area contributed by atoms with E-state index in [4.69, 9.17) is 12.2 Å². The van der Waals surface area contributed by atoms with Crippen LogP contribution in [0.1, 0.15) is 0 Å². The lowest BCUT2D eigenvalue weighted by atomic mass is 10.2. The zero-order valence-electron chi connectivity index (χ0n) is 8.83. The molecular weight excluding hydrogens is 236 g/mol. The molecular formula is C11H10N4OS. The number of rotatable bonds is 1. The van der Waals surface area contributed by atoms with Crippen molar-refractivity contribution in [1.82, 2.24) is 15.8 Å². The lowest BCUT2D eigenvalue weighted by Crippen LogP contribution is -2.51. The highest BCUT2D eigenvalue weighted by Gasteiger charge is 2.37. The maximum atomic E-state index is 12.2. The Labute approximate surface area is 104 Å². The summed E-state index contributed by atoms with van der Waals surface area (Å²) in [4.78, 5) is 15.5. The lowest BCUT2D eigenvalue weighted by molar-refractivity contribution is -0.122. The lowest BCUT2D eigenvalue weighted by Gasteiger charge is -2.30.